The molecule has 1 aliphatic heterocycles. The Labute approximate surface area is 139 Å². The quantitative estimate of drug-likeness (QED) is 0.902. The number of benzene rings is 2. The number of anilines is 2. The van der Waals surface area contributed by atoms with Gasteiger partial charge in [-0.25, -0.2) is 0 Å². The highest BCUT2D eigenvalue weighted by Gasteiger charge is 2.32. The normalized spacial score (nSPS) is 15.8. The molecule has 122 valence electrons. The van der Waals surface area contributed by atoms with Crippen molar-refractivity contribution < 1.29 is 4.74 Å². The fourth-order valence-corrected chi connectivity index (χ4v) is 3.11. The van der Waals surface area contributed by atoms with Gasteiger partial charge in [0.05, 0.1) is 24.0 Å². The van der Waals surface area contributed by atoms with E-state index in [1.165, 1.54) is 28.1 Å². The minimum atomic E-state index is 0.0641. The van der Waals surface area contributed by atoms with Crippen molar-refractivity contribution in [2.45, 2.75) is 39.8 Å². The number of fused-ring (bicyclic) bond motifs is 1. The van der Waals surface area contributed by atoms with Gasteiger partial charge in [-0.1, -0.05) is 12.1 Å². The van der Waals surface area contributed by atoms with E-state index in [2.05, 4.69) is 62.2 Å². The van der Waals surface area contributed by atoms with Crippen molar-refractivity contribution in [3.8, 4) is 5.75 Å². The van der Waals surface area contributed by atoms with Gasteiger partial charge in [0.15, 0.2) is 0 Å². The van der Waals surface area contributed by atoms with Crippen LogP contribution in [-0.2, 0) is 6.54 Å². The lowest BCUT2D eigenvalue weighted by Gasteiger charge is -2.46. The predicted octanol–water partition coefficient (Wildman–Crippen LogP) is 4.52. The molecule has 0 fully saturated rings. The van der Waals surface area contributed by atoms with Crippen molar-refractivity contribution in [3.63, 3.8) is 0 Å². The number of hydrogen-bond donors (Lipinski definition) is 1. The topological polar surface area (TPSA) is 24.5 Å². The highest BCUT2D eigenvalue weighted by atomic mass is 16.5. The molecular formula is C20H26N2O. The Morgan fingerprint density at radius 2 is 1.74 bits per heavy atom. The minimum absolute atomic E-state index is 0.0641. The third-order valence-corrected chi connectivity index (χ3v) is 4.84. The fourth-order valence-electron chi connectivity index (χ4n) is 3.11. The maximum atomic E-state index is 5.26. The second kappa shape index (κ2) is 5.80. The lowest BCUT2D eigenvalue weighted by Crippen LogP contribution is -2.51. The van der Waals surface area contributed by atoms with Gasteiger partial charge >= 0.3 is 0 Å². The Morgan fingerprint density at radius 3 is 2.39 bits per heavy atom. The summed E-state index contributed by atoms with van der Waals surface area (Å²) in [6, 6.07) is 12.9. The molecule has 0 radical (unpaired) electrons. The summed E-state index contributed by atoms with van der Waals surface area (Å²) in [6.45, 7) is 10.8. The van der Waals surface area contributed by atoms with Crippen molar-refractivity contribution in [3.05, 3.63) is 53.1 Å². The van der Waals surface area contributed by atoms with Crippen LogP contribution in [0.1, 0.15) is 30.5 Å². The highest BCUT2D eigenvalue weighted by molar-refractivity contribution is 5.75. The van der Waals surface area contributed by atoms with E-state index in [9.17, 15) is 0 Å². The molecule has 1 aliphatic rings. The Morgan fingerprint density at radius 1 is 1.09 bits per heavy atom. The number of ether oxygens (including phenoxy) is 1. The molecule has 3 nitrogen and oxygen atoms in total. The van der Waals surface area contributed by atoms with E-state index in [-0.39, 0.29) is 5.54 Å². The number of nitrogens with zero attached hydrogens (tertiary/aromatic N) is 1. The molecule has 0 atom stereocenters. The van der Waals surface area contributed by atoms with Gasteiger partial charge in [-0.05, 0) is 68.7 Å². The zero-order valence-corrected chi connectivity index (χ0v) is 14.7. The van der Waals surface area contributed by atoms with Crippen LogP contribution in [0.5, 0.6) is 5.75 Å². The van der Waals surface area contributed by atoms with E-state index in [0.29, 0.717) is 0 Å². The van der Waals surface area contributed by atoms with Crippen LogP contribution in [0, 0.1) is 13.8 Å². The lowest BCUT2D eigenvalue weighted by molar-refractivity contribution is 0.414. The molecule has 2 aromatic carbocycles. The standard InChI is InChI=1S/C20H26N2O/c1-14-10-18-19(11-15(14)2)22(20(3,4)13-21-18)12-16-6-8-17(23-5)9-7-16/h6-11,21H,12-13H2,1-5H3. The Balaban J connectivity index is 1.97. The average Bonchev–Trinajstić information content (AvgIpc) is 2.53. The van der Waals surface area contributed by atoms with E-state index < -0.39 is 0 Å². The summed E-state index contributed by atoms with van der Waals surface area (Å²) in [5.41, 5.74) is 6.56. The van der Waals surface area contributed by atoms with Crippen LogP contribution in [0.2, 0.25) is 0 Å². The van der Waals surface area contributed by atoms with Crippen molar-refractivity contribution >= 4 is 11.4 Å². The molecule has 0 unspecified atom stereocenters. The molecule has 0 saturated heterocycles. The van der Waals surface area contributed by atoms with Gasteiger partial charge in [0.2, 0.25) is 0 Å². The monoisotopic (exact) mass is 310 g/mol. The molecule has 0 amide bonds. The molecule has 0 spiro atoms. The van der Waals surface area contributed by atoms with E-state index in [1.807, 2.05) is 12.1 Å². The van der Waals surface area contributed by atoms with Gasteiger partial charge < -0.3 is 15.0 Å². The third-order valence-electron chi connectivity index (χ3n) is 4.84. The van der Waals surface area contributed by atoms with Crippen molar-refractivity contribution in [2.75, 3.05) is 23.9 Å². The summed E-state index contributed by atoms with van der Waals surface area (Å²) in [4.78, 5) is 2.51. The van der Waals surface area contributed by atoms with Crippen LogP contribution >= 0.6 is 0 Å². The maximum absolute atomic E-state index is 5.26. The Bertz CT molecular complexity index is 704. The summed E-state index contributed by atoms with van der Waals surface area (Å²) < 4.78 is 5.26. The molecule has 1 heterocycles. The molecule has 3 rings (SSSR count). The number of methoxy groups -OCH3 is 1. The van der Waals surface area contributed by atoms with Gasteiger partial charge in [-0.3, -0.25) is 0 Å². The van der Waals surface area contributed by atoms with Crippen molar-refractivity contribution in [1.82, 2.24) is 0 Å². The average molecular weight is 310 g/mol. The van der Waals surface area contributed by atoms with Gasteiger partial charge in [-0.2, -0.15) is 0 Å². The minimum Gasteiger partial charge on any atom is -0.497 e. The van der Waals surface area contributed by atoms with Crippen molar-refractivity contribution in [2.24, 2.45) is 0 Å². The second-order valence-electron chi connectivity index (χ2n) is 7.05. The number of nitrogens with one attached hydrogen (secondary N) is 1. The van der Waals surface area contributed by atoms with Crippen LogP contribution in [0.15, 0.2) is 36.4 Å². The number of hydrogen-bond acceptors (Lipinski definition) is 3. The van der Waals surface area contributed by atoms with Crippen LogP contribution in [0.4, 0.5) is 11.4 Å². The predicted molar refractivity (Wildman–Crippen MR) is 97.7 cm³/mol. The molecule has 1 N–H and O–H groups in total. The Hall–Kier alpha value is -2.16. The van der Waals surface area contributed by atoms with E-state index in [1.54, 1.807) is 7.11 Å². The molecule has 0 aromatic heterocycles. The summed E-state index contributed by atoms with van der Waals surface area (Å²) in [5.74, 6) is 0.903. The summed E-state index contributed by atoms with van der Waals surface area (Å²) >= 11 is 0. The molecule has 23 heavy (non-hydrogen) atoms. The molecule has 0 saturated carbocycles. The molecule has 2 aromatic rings. The molecule has 0 aliphatic carbocycles. The van der Waals surface area contributed by atoms with Crippen molar-refractivity contribution in [1.29, 1.82) is 0 Å². The van der Waals surface area contributed by atoms with Gasteiger partial charge in [0, 0.05) is 13.1 Å². The smallest absolute Gasteiger partial charge is 0.118 e. The summed E-state index contributed by atoms with van der Waals surface area (Å²) in [5, 5.41) is 3.59. The first-order valence-electron chi connectivity index (χ1n) is 8.16. The van der Waals surface area contributed by atoms with Crippen LogP contribution < -0.4 is 15.0 Å². The van der Waals surface area contributed by atoms with E-state index >= 15 is 0 Å². The van der Waals surface area contributed by atoms with Gasteiger partial charge in [0.25, 0.3) is 0 Å². The first-order chi connectivity index (χ1) is 10.9. The number of aryl methyl sites for hydroxylation is 2. The first kappa shape index (κ1) is 15.7. The van der Waals surface area contributed by atoms with Crippen LogP contribution in [-0.4, -0.2) is 19.2 Å². The lowest BCUT2D eigenvalue weighted by atomic mass is 9.94. The summed E-state index contributed by atoms with van der Waals surface area (Å²) in [6.07, 6.45) is 0. The Kier molecular flexibility index (Phi) is 3.97. The number of rotatable bonds is 3. The second-order valence-corrected chi connectivity index (χ2v) is 7.05. The SMILES string of the molecule is COc1ccc(CN2c3cc(C)c(C)cc3NCC2(C)C)cc1. The zero-order chi connectivity index (χ0) is 16.6. The van der Waals surface area contributed by atoms with Crippen LogP contribution in [0.3, 0.4) is 0 Å². The largest absolute Gasteiger partial charge is 0.497 e. The molecular weight excluding hydrogens is 284 g/mol. The zero-order valence-electron chi connectivity index (χ0n) is 14.7. The maximum Gasteiger partial charge on any atom is 0.118 e. The third kappa shape index (κ3) is 3.00. The van der Waals surface area contributed by atoms with E-state index in [0.717, 1.165) is 18.8 Å². The van der Waals surface area contributed by atoms with E-state index in [4.69, 9.17) is 4.74 Å². The molecule has 3 heteroatoms. The van der Waals surface area contributed by atoms with Gasteiger partial charge in [-0.15, -0.1) is 0 Å². The highest BCUT2D eigenvalue weighted by Crippen LogP contribution is 2.39. The van der Waals surface area contributed by atoms with Gasteiger partial charge in [0.1, 0.15) is 5.75 Å². The molecule has 0 bridgehead atoms. The summed E-state index contributed by atoms with van der Waals surface area (Å²) in [7, 11) is 1.70. The van der Waals surface area contributed by atoms with Crippen LogP contribution in [0.25, 0.3) is 0 Å². The first-order valence-corrected chi connectivity index (χ1v) is 8.16. The fraction of sp³-hybridized carbons (Fsp3) is 0.400.